The van der Waals surface area contributed by atoms with Gasteiger partial charge in [0.05, 0.1) is 0 Å². The van der Waals surface area contributed by atoms with Crippen molar-refractivity contribution in [2.75, 3.05) is 0 Å². The summed E-state index contributed by atoms with van der Waals surface area (Å²) in [6.07, 6.45) is 3.00. The van der Waals surface area contributed by atoms with Gasteiger partial charge in [-0.3, -0.25) is 0 Å². The standard InChI is InChI=1S/C11H13F3N4O/c1-11(2,14)8-7(19-10(12)13)9(17(3)16-8)18-6-4-5-15-18/h4-6,10H,1-3H3. The van der Waals surface area contributed by atoms with Gasteiger partial charge in [-0.1, -0.05) is 0 Å². The van der Waals surface area contributed by atoms with Crippen LogP contribution in [-0.2, 0) is 12.7 Å². The van der Waals surface area contributed by atoms with Crippen LogP contribution in [0.3, 0.4) is 0 Å². The Morgan fingerprint density at radius 1 is 1.37 bits per heavy atom. The van der Waals surface area contributed by atoms with Gasteiger partial charge in [-0.15, -0.1) is 0 Å². The molecule has 19 heavy (non-hydrogen) atoms. The van der Waals surface area contributed by atoms with Gasteiger partial charge in [0.15, 0.2) is 17.2 Å². The first kappa shape index (κ1) is 13.4. The fourth-order valence-electron chi connectivity index (χ4n) is 1.73. The summed E-state index contributed by atoms with van der Waals surface area (Å²) in [7, 11) is 1.50. The van der Waals surface area contributed by atoms with Crippen molar-refractivity contribution in [3.8, 4) is 11.6 Å². The number of ether oxygens (including phenoxy) is 1. The van der Waals surface area contributed by atoms with E-state index in [1.807, 2.05) is 0 Å². The molecule has 0 aliphatic carbocycles. The number of aryl methyl sites for hydroxylation is 1. The molecule has 0 saturated heterocycles. The number of aromatic nitrogens is 4. The highest BCUT2D eigenvalue weighted by Gasteiger charge is 2.33. The fourth-order valence-corrected chi connectivity index (χ4v) is 1.73. The SMILES string of the molecule is Cn1nc(C(C)(C)F)c(OC(F)F)c1-n1cccn1. The van der Waals surface area contributed by atoms with E-state index < -0.39 is 12.3 Å². The van der Waals surface area contributed by atoms with Crippen LogP contribution in [0, 0.1) is 0 Å². The zero-order chi connectivity index (χ0) is 14.2. The summed E-state index contributed by atoms with van der Waals surface area (Å²) < 4.78 is 46.0. The first-order valence-electron chi connectivity index (χ1n) is 5.52. The molecule has 0 N–H and O–H groups in total. The molecule has 0 amide bonds. The number of hydrogen-bond donors (Lipinski definition) is 0. The zero-order valence-corrected chi connectivity index (χ0v) is 10.6. The second-order valence-corrected chi connectivity index (χ2v) is 4.43. The average molecular weight is 274 g/mol. The lowest BCUT2D eigenvalue weighted by Crippen LogP contribution is -2.14. The minimum atomic E-state index is -3.07. The van der Waals surface area contributed by atoms with E-state index in [9.17, 15) is 13.2 Å². The highest BCUT2D eigenvalue weighted by molar-refractivity contribution is 5.46. The number of rotatable bonds is 4. The van der Waals surface area contributed by atoms with E-state index >= 15 is 0 Å². The Morgan fingerprint density at radius 3 is 2.53 bits per heavy atom. The van der Waals surface area contributed by atoms with Crippen LogP contribution in [0.25, 0.3) is 5.82 Å². The maximum atomic E-state index is 14.0. The lowest BCUT2D eigenvalue weighted by Gasteiger charge is -2.14. The fraction of sp³-hybridized carbons (Fsp3) is 0.455. The predicted molar refractivity (Wildman–Crippen MR) is 61.1 cm³/mol. The first-order valence-corrected chi connectivity index (χ1v) is 5.52. The Labute approximate surface area is 107 Å². The van der Waals surface area contributed by atoms with E-state index in [1.54, 1.807) is 6.07 Å². The summed E-state index contributed by atoms with van der Waals surface area (Å²) in [5.74, 6) is -0.167. The van der Waals surface area contributed by atoms with Crippen molar-refractivity contribution in [1.82, 2.24) is 19.6 Å². The van der Waals surface area contributed by atoms with Gasteiger partial charge in [-0.25, -0.2) is 13.8 Å². The quantitative estimate of drug-likeness (QED) is 0.860. The number of halogens is 3. The Kier molecular flexibility index (Phi) is 3.25. The minimum absolute atomic E-state index is 0.144. The van der Waals surface area contributed by atoms with Crippen LogP contribution in [0.4, 0.5) is 13.2 Å². The van der Waals surface area contributed by atoms with E-state index in [4.69, 9.17) is 0 Å². The summed E-state index contributed by atoms with van der Waals surface area (Å²) in [5.41, 5.74) is -2.10. The zero-order valence-electron chi connectivity index (χ0n) is 10.6. The molecule has 5 nitrogen and oxygen atoms in total. The van der Waals surface area contributed by atoms with Crippen molar-refractivity contribution in [1.29, 1.82) is 0 Å². The maximum Gasteiger partial charge on any atom is 0.387 e. The van der Waals surface area contributed by atoms with Crippen LogP contribution in [0.1, 0.15) is 19.5 Å². The van der Waals surface area contributed by atoms with E-state index in [-0.39, 0.29) is 17.3 Å². The number of nitrogens with zero attached hydrogens (tertiary/aromatic N) is 4. The third-order valence-electron chi connectivity index (χ3n) is 2.47. The van der Waals surface area contributed by atoms with Gasteiger partial charge in [-0.05, 0) is 19.9 Å². The molecule has 0 fully saturated rings. The molecule has 2 heterocycles. The Morgan fingerprint density at radius 2 is 2.05 bits per heavy atom. The predicted octanol–water partition coefficient (Wildman–Crippen LogP) is 2.41. The van der Waals surface area contributed by atoms with E-state index in [0.717, 1.165) is 0 Å². The van der Waals surface area contributed by atoms with Crippen molar-refractivity contribution in [2.24, 2.45) is 7.05 Å². The van der Waals surface area contributed by atoms with Crippen molar-refractivity contribution in [3.63, 3.8) is 0 Å². The third-order valence-corrected chi connectivity index (χ3v) is 2.47. The van der Waals surface area contributed by atoms with Crippen molar-refractivity contribution in [2.45, 2.75) is 26.1 Å². The summed E-state index contributed by atoms with van der Waals surface area (Å²) in [5, 5.41) is 7.83. The van der Waals surface area contributed by atoms with Crippen molar-refractivity contribution < 1.29 is 17.9 Å². The molecule has 0 aliphatic rings. The molecule has 0 aliphatic heterocycles. The van der Waals surface area contributed by atoms with E-state index in [0.29, 0.717) is 0 Å². The van der Waals surface area contributed by atoms with Gasteiger partial charge in [0.1, 0.15) is 5.69 Å². The molecule has 0 saturated carbocycles. The van der Waals surface area contributed by atoms with Gasteiger partial charge in [-0.2, -0.15) is 19.0 Å². The minimum Gasteiger partial charge on any atom is -0.429 e. The molecular weight excluding hydrogens is 261 g/mol. The number of alkyl halides is 3. The highest BCUT2D eigenvalue weighted by Crippen LogP contribution is 2.37. The lowest BCUT2D eigenvalue weighted by molar-refractivity contribution is -0.0518. The van der Waals surface area contributed by atoms with Crippen LogP contribution in [0.15, 0.2) is 18.5 Å². The Bertz CT molecular complexity index is 557. The Balaban J connectivity index is 2.62. The summed E-state index contributed by atoms with van der Waals surface area (Å²) >= 11 is 0. The third kappa shape index (κ3) is 2.56. The number of hydrogen-bond acceptors (Lipinski definition) is 3. The molecule has 2 rings (SSSR count). The van der Waals surface area contributed by atoms with Gasteiger partial charge in [0, 0.05) is 19.4 Å². The molecule has 104 valence electrons. The van der Waals surface area contributed by atoms with Crippen molar-refractivity contribution >= 4 is 0 Å². The molecule has 2 aromatic rings. The van der Waals surface area contributed by atoms with Crippen LogP contribution >= 0.6 is 0 Å². The maximum absolute atomic E-state index is 14.0. The molecule has 0 unspecified atom stereocenters. The summed E-state index contributed by atoms with van der Waals surface area (Å²) in [4.78, 5) is 0. The molecule has 0 bridgehead atoms. The topological polar surface area (TPSA) is 44.9 Å². The largest absolute Gasteiger partial charge is 0.429 e. The van der Waals surface area contributed by atoms with Gasteiger partial charge in [0.2, 0.25) is 0 Å². The van der Waals surface area contributed by atoms with Gasteiger partial charge >= 0.3 is 6.61 Å². The molecule has 2 aromatic heterocycles. The van der Waals surface area contributed by atoms with Crippen LogP contribution in [0.2, 0.25) is 0 Å². The van der Waals surface area contributed by atoms with Crippen LogP contribution in [0.5, 0.6) is 5.75 Å². The Hall–Kier alpha value is -1.99. The molecule has 0 aromatic carbocycles. The second-order valence-electron chi connectivity index (χ2n) is 4.43. The molecule has 0 radical (unpaired) electrons. The molecule has 8 heteroatoms. The van der Waals surface area contributed by atoms with Crippen molar-refractivity contribution in [3.05, 3.63) is 24.2 Å². The van der Waals surface area contributed by atoms with Crippen LogP contribution < -0.4 is 4.74 Å². The van der Waals surface area contributed by atoms with E-state index in [2.05, 4.69) is 14.9 Å². The van der Waals surface area contributed by atoms with E-state index in [1.165, 1.54) is 42.7 Å². The van der Waals surface area contributed by atoms with Crippen LogP contribution in [-0.4, -0.2) is 26.2 Å². The monoisotopic (exact) mass is 274 g/mol. The first-order chi connectivity index (χ1) is 8.80. The molecule has 0 atom stereocenters. The second kappa shape index (κ2) is 4.60. The lowest BCUT2D eigenvalue weighted by atomic mass is 10.1. The molecular formula is C11H13F3N4O. The molecule has 0 spiro atoms. The van der Waals surface area contributed by atoms with Gasteiger partial charge < -0.3 is 4.74 Å². The normalized spacial score (nSPS) is 12.2. The summed E-state index contributed by atoms with van der Waals surface area (Å²) in [6, 6.07) is 1.61. The van der Waals surface area contributed by atoms with Gasteiger partial charge in [0.25, 0.3) is 0 Å². The highest BCUT2D eigenvalue weighted by atomic mass is 19.3. The summed E-state index contributed by atoms with van der Waals surface area (Å²) in [6.45, 7) is -0.624. The average Bonchev–Trinajstić information content (AvgIpc) is 2.84. The smallest absolute Gasteiger partial charge is 0.387 e.